The number of aliphatic hydroxyl groups is 1. The van der Waals surface area contributed by atoms with Crippen molar-refractivity contribution in [3.8, 4) is 11.8 Å². The van der Waals surface area contributed by atoms with E-state index in [1.807, 2.05) is 39.8 Å². The van der Waals surface area contributed by atoms with E-state index in [4.69, 9.17) is 23.7 Å². The van der Waals surface area contributed by atoms with Gasteiger partial charge in [-0.1, -0.05) is 67.6 Å². The number of alkyl carbamates (subject to hydrolysis) is 1. The first kappa shape index (κ1) is 50.8. The van der Waals surface area contributed by atoms with Crippen LogP contribution >= 0.6 is 0 Å². The van der Waals surface area contributed by atoms with E-state index in [9.17, 15) is 29.1 Å². The molecular weight excluding hydrogens is 831 g/mol. The first-order valence-electron chi connectivity index (χ1n) is 23.0. The fourth-order valence-electron chi connectivity index (χ4n) is 8.11. The molecule has 1 aliphatic heterocycles. The van der Waals surface area contributed by atoms with Gasteiger partial charge in [-0.2, -0.15) is 0 Å². The summed E-state index contributed by atoms with van der Waals surface area (Å²) in [6.45, 7) is 14.5. The van der Waals surface area contributed by atoms with Crippen molar-refractivity contribution in [2.75, 3.05) is 26.3 Å². The molecule has 3 amide bonds. The van der Waals surface area contributed by atoms with Gasteiger partial charge in [-0.05, 0) is 97.1 Å². The topological polar surface area (TPSA) is 179 Å². The summed E-state index contributed by atoms with van der Waals surface area (Å²) >= 11 is 0. The Bertz CT molecular complexity index is 2020. The normalized spacial score (nSPS) is 20.1. The Labute approximate surface area is 384 Å². The Morgan fingerprint density at radius 2 is 1.32 bits per heavy atom. The Morgan fingerprint density at radius 3 is 1.92 bits per heavy atom. The van der Waals surface area contributed by atoms with Crippen molar-refractivity contribution in [2.24, 2.45) is 17.8 Å². The molecule has 3 N–H and O–H groups in total. The molecule has 0 bridgehead atoms. The fourth-order valence-corrected chi connectivity index (χ4v) is 8.11. The van der Waals surface area contributed by atoms with Crippen LogP contribution in [0.25, 0.3) is 0 Å². The smallest absolute Gasteiger partial charge is 0.407 e. The lowest BCUT2D eigenvalue weighted by Gasteiger charge is -2.39. The van der Waals surface area contributed by atoms with Gasteiger partial charge in [-0.3, -0.25) is 9.59 Å². The summed E-state index contributed by atoms with van der Waals surface area (Å²) in [6, 6.07) is 17.8. The van der Waals surface area contributed by atoms with Gasteiger partial charge in [0, 0.05) is 62.9 Å². The number of rotatable bonds is 24. The summed E-state index contributed by atoms with van der Waals surface area (Å²) in [6.07, 6.45) is 3.82. The zero-order chi connectivity index (χ0) is 47.2. The van der Waals surface area contributed by atoms with Crippen LogP contribution in [0.3, 0.4) is 0 Å². The van der Waals surface area contributed by atoms with E-state index in [1.165, 1.54) is 0 Å². The minimum absolute atomic E-state index is 0.000767. The van der Waals surface area contributed by atoms with Crippen LogP contribution < -0.4 is 10.6 Å². The predicted octanol–water partition coefficient (Wildman–Crippen LogP) is 6.92. The van der Waals surface area contributed by atoms with Gasteiger partial charge in [0.2, 0.25) is 5.91 Å². The molecule has 1 fully saturated rings. The maximum absolute atomic E-state index is 14.0. The van der Waals surface area contributed by atoms with Gasteiger partial charge in [0.15, 0.2) is 6.23 Å². The number of esters is 2. The number of nitrogens with zero attached hydrogens (tertiary/aromatic N) is 1. The molecule has 3 aliphatic rings. The van der Waals surface area contributed by atoms with E-state index in [1.54, 1.807) is 62.4 Å². The molecule has 354 valence electrons. The number of hydrogen-bond donors (Lipinski definition) is 3. The second-order valence-electron chi connectivity index (χ2n) is 19.2. The lowest BCUT2D eigenvalue weighted by Crippen LogP contribution is -2.52. The zero-order valence-corrected chi connectivity index (χ0v) is 39.2. The second kappa shape index (κ2) is 23.3. The Hall–Kier alpha value is -5.23. The van der Waals surface area contributed by atoms with E-state index >= 15 is 0 Å². The van der Waals surface area contributed by atoms with E-state index in [0.717, 1.165) is 37.0 Å². The second-order valence-corrected chi connectivity index (χ2v) is 19.2. The number of ether oxygens (including phenoxy) is 5. The highest BCUT2D eigenvalue weighted by Gasteiger charge is 2.53. The van der Waals surface area contributed by atoms with Crippen molar-refractivity contribution in [2.45, 2.75) is 149 Å². The monoisotopic (exact) mass is 899 g/mol. The number of aliphatic hydroxyl groups excluding tert-OH is 1. The highest BCUT2D eigenvalue weighted by Crippen LogP contribution is 2.48. The summed E-state index contributed by atoms with van der Waals surface area (Å²) in [4.78, 5) is 67.3. The number of carbonyl (C=O) groups is 5. The number of hydrogen-bond acceptors (Lipinski definition) is 11. The summed E-state index contributed by atoms with van der Waals surface area (Å²) in [7, 11) is 0. The Kier molecular flexibility index (Phi) is 18.2. The highest BCUT2D eigenvalue weighted by atomic mass is 16.6. The van der Waals surface area contributed by atoms with E-state index in [-0.39, 0.29) is 56.7 Å². The maximum atomic E-state index is 14.0. The number of fused-ring (bicyclic) bond motifs is 1. The minimum atomic E-state index is -1.78. The molecule has 5 rings (SSSR count). The van der Waals surface area contributed by atoms with Gasteiger partial charge in [0.25, 0.3) is 5.91 Å². The molecule has 1 saturated carbocycles. The lowest BCUT2D eigenvalue weighted by molar-refractivity contribution is -0.148. The van der Waals surface area contributed by atoms with Gasteiger partial charge >= 0.3 is 18.0 Å². The molecule has 14 nitrogen and oxygen atoms in total. The molecule has 0 aromatic heterocycles. The summed E-state index contributed by atoms with van der Waals surface area (Å²) < 4.78 is 29.0. The largest absolute Gasteiger partial charge is 0.457 e. The van der Waals surface area contributed by atoms with Crippen molar-refractivity contribution in [3.63, 3.8) is 0 Å². The quantitative estimate of drug-likeness (QED) is 0.0431. The third-order valence-electron chi connectivity index (χ3n) is 12.4. The zero-order valence-electron chi connectivity index (χ0n) is 39.2. The lowest BCUT2D eigenvalue weighted by atomic mass is 9.97. The van der Waals surface area contributed by atoms with Crippen LogP contribution in [0.2, 0.25) is 0 Å². The summed E-state index contributed by atoms with van der Waals surface area (Å²) in [5.74, 6) is 4.39. The van der Waals surface area contributed by atoms with E-state index in [0.29, 0.717) is 55.5 Å². The Balaban J connectivity index is 1.01. The van der Waals surface area contributed by atoms with E-state index in [2.05, 4.69) is 29.4 Å². The Morgan fingerprint density at radius 1 is 0.769 bits per heavy atom. The molecule has 2 aromatic rings. The number of amides is 3. The molecule has 0 radical (unpaired) electrons. The number of nitrogens with one attached hydrogen (secondary N) is 2. The fraction of sp³-hybridized carbons (Fsp3) is 0.588. The molecule has 1 heterocycles. The third-order valence-corrected chi connectivity index (χ3v) is 12.4. The summed E-state index contributed by atoms with van der Waals surface area (Å²) in [5, 5.41) is 17.4. The predicted molar refractivity (Wildman–Crippen MR) is 243 cm³/mol. The van der Waals surface area contributed by atoms with Crippen LogP contribution in [-0.4, -0.2) is 95.2 Å². The van der Waals surface area contributed by atoms with Crippen LogP contribution in [0, 0.1) is 29.6 Å². The van der Waals surface area contributed by atoms with Crippen LogP contribution in [0.1, 0.15) is 117 Å². The maximum Gasteiger partial charge on any atom is 0.407 e. The van der Waals surface area contributed by atoms with E-state index < -0.39 is 52.0 Å². The molecule has 4 atom stereocenters. The van der Waals surface area contributed by atoms with Crippen LogP contribution in [-0.2, 0) is 56.1 Å². The van der Waals surface area contributed by atoms with Crippen LogP contribution in [0.15, 0.2) is 71.8 Å². The van der Waals surface area contributed by atoms with Gasteiger partial charge in [-0.15, -0.1) is 11.8 Å². The number of benzene rings is 2. The van der Waals surface area contributed by atoms with Crippen molar-refractivity contribution >= 4 is 29.8 Å². The third kappa shape index (κ3) is 15.4. The van der Waals surface area contributed by atoms with Crippen molar-refractivity contribution in [1.82, 2.24) is 15.5 Å². The van der Waals surface area contributed by atoms with Crippen molar-refractivity contribution in [1.29, 1.82) is 0 Å². The van der Waals surface area contributed by atoms with Crippen molar-refractivity contribution in [3.05, 3.63) is 82.9 Å². The standard InChI is InChI=1S/C51H69N3O11/c1-35(25-30-63-51(6,7)27-29-52-48(60)65-43-38-22-16-8-9-17-23-39(38)43)32-53-40(55)24-26-50(4,5)64-31-28-49(2,3)54-44(56)41(46(58)61-33-36-18-12-10-13-19-36)42(45(54)57)47(59)62-34-37-20-14-11-15-21-37/h10-15,18-21,35,38-39,43-44,56H,16-17,22-34H2,1-7H3,(H,52,60)(H,53,55). The molecule has 65 heavy (non-hydrogen) atoms. The van der Waals surface area contributed by atoms with Crippen molar-refractivity contribution < 1.29 is 52.8 Å². The van der Waals surface area contributed by atoms with Gasteiger partial charge < -0.3 is 44.3 Å². The minimum Gasteiger partial charge on any atom is -0.457 e. The molecule has 2 aromatic carbocycles. The average molecular weight is 900 g/mol. The molecule has 0 saturated heterocycles. The first-order valence-corrected chi connectivity index (χ1v) is 23.0. The highest BCUT2D eigenvalue weighted by molar-refractivity contribution is 6.23. The van der Waals surface area contributed by atoms with Gasteiger partial charge in [0.1, 0.15) is 30.5 Å². The molecule has 14 heteroatoms. The summed E-state index contributed by atoms with van der Waals surface area (Å²) in [5.41, 5.74) is -1.94. The van der Waals surface area contributed by atoms with Crippen LogP contribution in [0.4, 0.5) is 4.79 Å². The first-order chi connectivity index (χ1) is 30.9. The molecule has 0 spiro atoms. The molecule has 2 aliphatic carbocycles. The SMILES string of the molecule is CC(CCOC(C)(C)CCNC(=O)OC1C2CCC#CCCC21)CNC(=O)CCC(C)(C)OCCC(C)(C)N1C(=O)C(C(=O)OCc2ccccc2)=C(C(=O)OCc2ccccc2)C1O. The molecular formula is C51H69N3O11. The van der Waals surface area contributed by atoms with Crippen LogP contribution in [0.5, 0.6) is 0 Å². The number of carbonyl (C=O) groups excluding carboxylic acids is 5. The average Bonchev–Trinajstić information content (AvgIpc) is 3.78. The molecule has 4 unspecified atom stereocenters. The van der Waals surface area contributed by atoms with Gasteiger partial charge in [0.05, 0.1) is 11.2 Å². The van der Waals surface area contributed by atoms with Gasteiger partial charge in [-0.25, -0.2) is 14.4 Å².